The van der Waals surface area contributed by atoms with E-state index < -0.39 is 29.5 Å². The molecule has 0 amide bonds. The van der Waals surface area contributed by atoms with Crippen LogP contribution in [0.4, 0.5) is 13.2 Å². The van der Waals surface area contributed by atoms with Crippen molar-refractivity contribution in [3.05, 3.63) is 29.6 Å². The Morgan fingerprint density at radius 1 is 1.47 bits per heavy atom. The van der Waals surface area contributed by atoms with Gasteiger partial charge < -0.3 is 10.2 Å². The number of aromatic nitrogens is 1. The van der Waals surface area contributed by atoms with Gasteiger partial charge >= 0.3 is 6.18 Å². The van der Waals surface area contributed by atoms with Crippen molar-refractivity contribution in [2.75, 3.05) is 5.75 Å². The largest absolute Gasteiger partial charge is 0.416 e. The van der Waals surface area contributed by atoms with Crippen LogP contribution in [0.2, 0.25) is 0 Å². The highest BCUT2D eigenvalue weighted by molar-refractivity contribution is 8.13. The first kappa shape index (κ1) is 15.9. The van der Waals surface area contributed by atoms with Gasteiger partial charge in [-0.05, 0) is 6.07 Å². The number of halogens is 3. The number of hydrogen-bond donors (Lipinski definition) is 2. The first-order chi connectivity index (χ1) is 8.73. The average molecular weight is 295 g/mol. The van der Waals surface area contributed by atoms with Crippen molar-refractivity contribution in [2.24, 2.45) is 0 Å². The Bertz CT molecular complexity index is 453. The van der Waals surface area contributed by atoms with Gasteiger partial charge in [0.1, 0.15) is 6.10 Å². The zero-order valence-electron chi connectivity index (χ0n) is 9.89. The van der Waals surface area contributed by atoms with Gasteiger partial charge in [0, 0.05) is 30.6 Å². The van der Waals surface area contributed by atoms with Crippen molar-refractivity contribution in [1.29, 1.82) is 0 Å². The van der Waals surface area contributed by atoms with Crippen LogP contribution in [0.3, 0.4) is 0 Å². The first-order valence-corrected chi connectivity index (χ1v) is 6.22. The van der Waals surface area contributed by atoms with Gasteiger partial charge in [-0.15, -0.1) is 0 Å². The molecule has 0 spiro atoms. The zero-order valence-corrected chi connectivity index (χ0v) is 10.7. The number of hydrogen-bond acceptors (Lipinski definition) is 5. The Morgan fingerprint density at radius 2 is 2.11 bits per heavy atom. The third kappa shape index (κ3) is 4.48. The number of pyridine rings is 1. The van der Waals surface area contributed by atoms with Crippen molar-refractivity contribution in [3.63, 3.8) is 0 Å². The van der Waals surface area contributed by atoms with Crippen molar-refractivity contribution >= 4 is 16.9 Å². The van der Waals surface area contributed by atoms with Crippen LogP contribution in [-0.2, 0) is 11.0 Å². The second-order valence-electron chi connectivity index (χ2n) is 3.78. The van der Waals surface area contributed by atoms with Gasteiger partial charge in [0.2, 0.25) is 0 Å². The molecule has 1 heterocycles. The van der Waals surface area contributed by atoms with E-state index in [1.165, 1.54) is 6.92 Å². The molecule has 1 rings (SSSR count). The monoisotopic (exact) mass is 295 g/mol. The van der Waals surface area contributed by atoms with Crippen molar-refractivity contribution < 1.29 is 28.2 Å². The fourth-order valence-electron chi connectivity index (χ4n) is 1.40. The number of nitrogens with zero attached hydrogens (tertiary/aromatic N) is 1. The second-order valence-corrected chi connectivity index (χ2v) is 4.97. The Morgan fingerprint density at radius 3 is 2.63 bits per heavy atom. The molecule has 2 atom stereocenters. The summed E-state index contributed by atoms with van der Waals surface area (Å²) in [6.45, 7) is 1.26. The third-order valence-electron chi connectivity index (χ3n) is 2.30. The predicted molar refractivity (Wildman–Crippen MR) is 63.3 cm³/mol. The molecule has 0 aliphatic heterocycles. The molecule has 0 aromatic carbocycles. The minimum atomic E-state index is -4.65. The molecule has 19 heavy (non-hydrogen) atoms. The van der Waals surface area contributed by atoms with Crippen LogP contribution in [0.5, 0.6) is 0 Å². The Kier molecular flexibility index (Phi) is 5.33. The molecular formula is C11H12F3NO3S. The van der Waals surface area contributed by atoms with Crippen molar-refractivity contribution in [1.82, 2.24) is 4.98 Å². The smallest absolute Gasteiger partial charge is 0.389 e. The molecule has 8 heteroatoms. The van der Waals surface area contributed by atoms with E-state index in [2.05, 4.69) is 4.98 Å². The first-order valence-electron chi connectivity index (χ1n) is 5.24. The molecule has 1 aromatic heterocycles. The van der Waals surface area contributed by atoms with E-state index >= 15 is 0 Å². The SMILES string of the molecule is CC(=O)SCC(O)C(O)c1cnccc1C(F)(F)F. The van der Waals surface area contributed by atoms with Gasteiger partial charge in [0.15, 0.2) is 5.12 Å². The summed E-state index contributed by atoms with van der Waals surface area (Å²) < 4.78 is 38.1. The number of carbonyl (C=O) groups is 1. The van der Waals surface area contributed by atoms with Crippen LogP contribution in [-0.4, -0.2) is 32.2 Å². The molecule has 0 bridgehead atoms. The standard InChI is InChI=1S/C11H12F3NO3S/c1-6(16)19-5-9(17)10(18)7-4-15-3-2-8(7)11(12,13)14/h2-4,9-10,17-18H,5H2,1H3. The minimum absolute atomic E-state index is 0.192. The number of aliphatic hydroxyl groups excluding tert-OH is 2. The molecular weight excluding hydrogens is 283 g/mol. The summed E-state index contributed by atoms with van der Waals surface area (Å²) >= 11 is 0.725. The molecule has 0 aliphatic rings. The maximum atomic E-state index is 12.7. The third-order valence-corrected chi connectivity index (χ3v) is 3.21. The quantitative estimate of drug-likeness (QED) is 0.886. The molecule has 0 fully saturated rings. The van der Waals surface area contributed by atoms with E-state index in [1.54, 1.807) is 0 Å². The van der Waals surface area contributed by atoms with E-state index in [4.69, 9.17) is 0 Å². The van der Waals surface area contributed by atoms with Crippen molar-refractivity contribution in [2.45, 2.75) is 25.3 Å². The lowest BCUT2D eigenvalue weighted by Gasteiger charge is -2.20. The van der Waals surface area contributed by atoms with E-state index in [1.807, 2.05) is 0 Å². The van der Waals surface area contributed by atoms with Crippen LogP contribution in [0.15, 0.2) is 18.5 Å². The number of thioether (sulfide) groups is 1. The average Bonchev–Trinajstić information content (AvgIpc) is 2.34. The maximum absolute atomic E-state index is 12.7. The number of rotatable bonds is 4. The summed E-state index contributed by atoms with van der Waals surface area (Å²) in [6.07, 6.45) is -6.08. The number of aliphatic hydroxyl groups is 2. The Balaban J connectivity index is 2.93. The topological polar surface area (TPSA) is 70.4 Å². The Hall–Kier alpha value is -1.12. The predicted octanol–water partition coefficient (Wildman–Crippen LogP) is 1.77. The minimum Gasteiger partial charge on any atom is -0.389 e. The lowest BCUT2D eigenvalue weighted by Crippen LogP contribution is -2.24. The molecule has 2 unspecified atom stereocenters. The maximum Gasteiger partial charge on any atom is 0.416 e. The molecule has 2 N–H and O–H groups in total. The van der Waals surface area contributed by atoms with Gasteiger partial charge in [-0.1, -0.05) is 11.8 Å². The van der Waals surface area contributed by atoms with Gasteiger partial charge in [-0.3, -0.25) is 9.78 Å². The van der Waals surface area contributed by atoms with Crippen LogP contribution in [0.1, 0.15) is 24.2 Å². The summed E-state index contributed by atoms with van der Waals surface area (Å²) in [4.78, 5) is 14.2. The number of carbonyl (C=O) groups excluding carboxylic acids is 1. The van der Waals surface area contributed by atoms with E-state index in [0.717, 1.165) is 30.2 Å². The normalized spacial score (nSPS) is 15.1. The van der Waals surface area contributed by atoms with E-state index in [-0.39, 0.29) is 10.9 Å². The van der Waals surface area contributed by atoms with Gasteiger partial charge in [-0.25, -0.2) is 0 Å². The fraction of sp³-hybridized carbons (Fsp3) is 0.455. The van der Waals surface area contributed by atoms with Crippen LogP contribution < -0.4 is 0 Å². The molecule has 0 saturated heterocycles. The fourth-order valence-corrected chi connectivity index (χ4v) is 1.99. The van der Waals surface area contributed by atoms with E-state index in [0.29, 0.717) is 0 Å². The van der Waals surface area contributed by atoms with E-state index in [9.17, 15) is 28.2 Å². The highest BCUT2D eigenvalue weighted by Gasteiger charge is 2.36. The summed E-state index contributed by atoms with van der Waals surface area (Å²) in [5.74, 6) is -0.192. The highest BCUT2D eigenvalue weighted by atomic mass is 32.2. The second kappa shape index (κ2) is 6.36. The van der Waals surface area contributed by atoms with Gasteiger partial charge in [-0.2, -0.15) is 13.2 Å². The van der Waals surface area contributed by atoms with Crippen LogP contribution in [0, 0.1) is 0 Å². The zero-order chi connectivity index (χ0) is 14.6. The summed E-state index contributed by atoms with van der Waals surface area (Å²) in [7, 11) is 0. The summed E-state index contributed by atoms with van der Waals surface area (Å²) in [5.41, 5.74) is -1.56. The van der Waals surface area contributed by atoms with Gasteiger partial charge in [0.05, 0.1) is 11.7 Å². The van der Waals surface area contributed by atoms with Crippen LogP contribution >= 0.6 is 11.8 Å². The summed E-state index contributed by atoms with van der Waals surface area (Å²) in [6, 6.07) is 0.726. The highest BCUT2D eigenvalue weighted by Crippen LogP contribution is 2.35. The molecule has 0 aliphatic carbocycles. The molecule has 4 nitrogen and oxygen atoms in total. The number of alkyl halides is 3. The molecule has 106 valence electrons. The van der Waals surface area contributed by atoms with Crippen molar-refractivity contribution in [3.8, 4) is 0 Å². The van der Waals surface area contributed by atoms with Crippen LogP contribution in [0.25, 0.3) is 0 Å². The lowest BCUT2D eigenvalue weighted by atomic mass is 10.0. The molecule has 1 aromatic rings. The lowest BCUT2D eigenvalue weighted by molar-refractivity contribution is -0.139. The molecule has 0 saturated carbocycles. The summed E-state index contributed by atoms with van der Waals surface area (Å²) in [5, 5.41) is 19.0. The Labute approximate surface area is 111 Å². The molecule has 0 radical (unpaired) electrons. The van der Waals surface area contributed by atoms with Gasteiger partial charge in [0.25, 0.3) is 0 Å².